The highest BCUT2D eigenvalue weighted by Gasteiger charge is 2.53. The Morgan fingerprint density at radius 3 is 2.41 bits per heavy atom. The SMILES string of the molecule is F[B-]1(F)n2c(ccc2-c2ccc[nH]2)C(c2c(Cl)cccc2Cl)=C2C=CC=[N+]21. The summed E-state index contributed by atoms with van der Waals surface area (Å²) in [5.41, 5.74) is 2.91. The third-order valence-electron chi connectivity index (χ3n) is 4.94. The van der Waals surface area contributed by atoms with Crippen LogP contribution < -0.4 is 0 Å². The van der Waals surface area contributed by atoms with E-state index in [4.69, 9.17) is 23.2 Å². The molecule has 2 aliphatic heterocycles. The Morgan fingerprint density at radius 2 is 1.70 bits per heavy atom. The molecule has 0 bridgehead atoms. The lowest BCUT2D eigenvalue weighted by molar-refractivity contribution is -0.356. The Bertz CT molecular complexity index is 1150. The van der Waals surface area contributed by atoms with Gasteiger partial charge in [-0.15, -0.1) is 0 Å². The molecule has 0 fully saturated rings. The van der Waals surface area contributed by atoms with Crippen LogP contribution >= 0.6 is 23.2 Å². The minimum Gasteiger partial charge on any atom is -0.389 e. The minimum absolute atomic E-state index is 0.380. The summed E-state index contributed by atoms with van der Waals surface area (Å²) in [4.78, 5) is 3.01. The Balaban J connectivity index is 1.89. The Morgan fingerprint density at radius 1 is 0.963 bits per heavy atom. The van der Waals surface area contributed by atoms with Crippen LogP contribution in [0.2, 0.25) is 10.0 Å². The molecule has 4 heterocycles. The number of aromatic nitrogens is 2. The highest BCUT2D eigenvalue weighted by atomic mass is 35.5. The number of benzene rings is 1. The number of H-pyrrole nitrogens is 1. The van der Waals surface area contributed by atoms with Crippen molar-refractivity contribution in [1.29, 1.82) is 0 Å². The molecule has 27 heavy (non-hydrogen) atoms. The smallest absolute Gasteiger partial charge is 0.389 e. The Hall–Kier alpha value is -2.57. The van der Waals surface area contributed by atoms with E-state index in [1.165, 1.54) is 6.21 Å². The van der Waals surface area contributed by atoms with Gasteiger partial charge in [-0.1, -0.05) is 29.3 Å². The van der Waals surface area contributed by atoms with Crippen LogP contribution in [0.5, 0.6) is 0 Å². The molecule has 134 valence electrons. The molecule has 0 aliphatic carbocycles. The molecule has 0 saturated heterocycles. The summed E-state index contributed by atoms with van der Waals surface area (Å²) in [6, 6.07) is 12.1. The molecule has 1 N–H and O–H groups in total. The van der Waals surface area contributed by atoms with Crippen LogP contribution in [0.4, 0.5) is 8.63 Å². The number of nitrogens with one attached hydrogen (secondary N) is 1. The molecule has 0 radical (unpaired) electrons. The maximum Gasteiger partial charge on any atom is 0.737 e. The number of allylic oxidation sites excluding steroid dienone is 2. The van der Waals surface area contributed by atoms with Crippen LogP contribution in [-0.4, -0.2) is 27.1 Å². The summed E-state index contributed by atoms with van der Waals surface area (Å²) in [6.45, 7) is -4.07. The highest BCUT2D eigenvalue weighted by Crippen LogP contribution is 2.45. The van der Waals surface area contributed by atoms with E-state index in [2.05, 4.69) is 4.98 Å². The van der Waals surface area contributed by atoms with Gasteiger partial charge in [0, 0.05) is 35.3 Å². The lowest BCUT2D eigenvalue weighted by Crippen LogP contribution is -2.49. The lowest BCUT2D eigenvalue weighted by Gasteiger charge is -2.32. The second-order valence-electron chi connectivity index (χ2n) is 6.42. The van der Waals surface area contributed by atoms with E-state index in [1.807, 2.05) is 0 Å². The molecule has 0 atom stereocenters. The monoisotopic (exact) mass is 401 g/mol. The van der Waals surface area contributed by atoms with Gasteiger partial charge in [0.25, 0.3) is 0 Å². The maximum absolute atomic E-state index is 15.5. The van der Waals surface area contributed by atoms with E-state index < -0.39 is 6.97 Å². The molecular formula is C19H12BCl2F2N3. The molecule has 8 heteroatoms. The van der Waals surface area contributed by atoms with Gasteiger partial charge in [-0.25, -0.2) is 0 Å². The zero-order valence-corrected chi connectivity index (χ0v) is 15.3. The third-order valence-corrected chi connectivity index (χ3v) is 5.57. The molecule has 0 unspecified atom stereocenters. The summed E-state index contributed by atoms with van der Waals surface area (Å²) in [7, 11) is 0. The fourth-order valence-electron chi connectivity index (χ4n) is 3.82. The van der Waals surface area contributed by atoms with Crippen molar-refractivity contribution in [1.82, 2.24) is 9.46 Å². The number of rotatable bonds is 2. The fourth-order valence-corrected chi connectivity index (χ4v) is 4.41. The first-order chi connectivity index (χ1) is 13.0. The van der Waals surface area contributed by atoms with Crippen LogP contribution in [0.25, 0.3) is 17.0 Å². The van der Waals surface area contributed by atoms with Crippen LogP contribution in [0.3, 0.4) is 0 Å². The molecule has 0 amide bonds. The topological polar surface area (TPSA) is 23.7 Å². The quantitative estimate of drug-likeness (QED) is 0.553. The normalized spacial score (nSPS) is 17.1. The molecule has 0 spiro atoms. The van der Waals surface area contributed by atoms with E-state index in [-0.39, 0.29) is 0 Å². The van der Waals surface area contributed by atoms with Gasteiger partial charge in [0.2, 0.25) is 0 Å². The molecule has 3 nitrogen and oxygen atoms in total. The number of fused-ring (bicyclic) bond motifs is 2. The summed E-state index contributed by atoms with van der Waals surface area (Å²) >= 11 is 12.9. The number of nitrogens with zero attached hydrogens (tertiary/aromatic N) is 2. The van der Waals surface area contributed by atoms with Crippen molar-refractivity contribution in [3.8, 4) is 11.4 Å². The fraction of sp³-hybridized carbons (Fsp3) is 0. The molecule has 1 aromatic carbocycles. The number of hydrogen-bond donors (Lipinski definition) is 1. The second kappa shape index (κ2) is 5.71. The zero-order chi connectivity index (χ0) is 18.8. The molecule has 2 aliphatic rings. The van der Waals surface area contributed by atoms with Crippen molar-refractivity contribution >= 4 is 42.0 Å². The number of hydrogen-bond acceptors (Lipinski definition) is 0. The van der Waals surface area contributed by atoms with Gasteiger partial charge >= 0.3 is 6.97 Å². The van der Waals surface area contributed by atoms with Crippen molar-refractivity contribution < 1.29 is 13.1 Å². The summed E-state index contributed by atoms with van der Waals surface area (Å²) in [6.07, 6.45) is 6.37. The first-order valence-electron chi connectivity index (χ1n) is 8.36. The molecule has 2 aromatic heterocycles. The van der Waals surface area contributed by atoms with Crippen LogP contribution in [0.15, 0.2) is 66.5 Å². The van der Waals surface area contributed by atoms with Crippen molar-refractivity contribution in [2.75, 3.05) is 0 Å². The van der Waals surface area contributed by atoms with E-state index in [0.29, 0.717) is 44.0 Å². The van der Waals surface area contributed by atoms with Crippen molar-refractivity contribution in [2.24, 2.45) is 0 Å². The van der Waals surface area contributed by atoms with Gasteiger partial charge < -0.3 is 22.6 Å². The first kappa shape index (κ1) is 16.6. The van der Waals surface area contributed by atoms with Crippen molar-refractivity contribution in [2.45, 2.75) is 0 Å². The zero-order valence-electron chi connectivity index (χ0n) is 13.8. The Labute approximate surface area is 163 Å². The largest absolute Gasteiger partial charge is 0.737 e. The number of halogens is 4. The number of aromatic amines is 1. The molecule has 0 saturated carbocycles. The van der Waals surface area contributed by atoms with Gasteiger partial charge in [0.15, 0.2) is 5.70 Å². The predicted molar refractivity (Wildman–Crippen MR) is 106 cm³/mol. The maximum atomic E-state index is 15.5. The average molecular weight is 402 g/mol. The minimum atomic E-state index is -4.07. The van der Waals surface area contributed by atoms with E-state index in [1.54, 1.807) is 60.8 Å². The predicted octanol–water partition coefficient (Wildman–Crippen LogP) is 5.44. The molecule has 3 aromatic rings. The standard InChI is InChI=1S/C19H12BCl2F2N3/c21-12-4-1-5-13(22)18(12)19-16-7-3-11-26(16)20(23,24)27-15(8-9-17(19)27)14-6-2-10-25-14/h1-11,25H. The van der Waals surface area contributed by atoms with E-state index >= 15 is 8.63 Å². The van der Waals surface area contributed by atoms with Gasteiger partial charge in [0.1, 0.15) is 6.21 Å². The highest BCUT2D eigenvalue weighted by molar-refractivity contribution is 6.58. The van der Waals surface area contributed by atoms with E-state index in [9.17, 15) is 0 Å². The summed E-state index contributed by atoms with van der Waals surface area (Å²) < 4.78 is 33.1. The van der Waals surface area contributed by atoms with Gasteiger partial charge in [-0.05, 0) is 36.4 Å². The second-order valence-corrected chi connectivity index (χ2v) is 7.23. The van der Waals surface area contributed by atoms with Gasteiger partial charge in [0.05, 0.1) is 21.3 Å². The molecule has 5 rings (SSSR count). The lowest BCUT2D eigenvalue weighted by atomic mass is 9.86. The van der Waals surface area contributed by atoms with Gasteiger partial charge in [-0.3, -0.25) is 0 Å². The van der Waals surface area contributed by atoms with Crippen molar-refractivity contribution in [3.05, 3.63) is 87.8 Å². The molecular weight excluding hydrogens is 390 g/mol. The average Bonchev–Trinajstić information content (AvgIpc) is 3.37. The first-order valence-corrected chi connectivity index (χ1v) is 9.12. The van der Waals surface area contributed by atoms with Crippen LogP contribution in [0, 0.1) is 0 Å². The third kappa shape index (κ3) is 2.23. The van der Waals surface area contributed by atoms with Crippen LogP contribution in [-0.2, 0) is 0 Å². The van der Waals surface area contributed by atoms with Crippen molar-refractivity contribution in [3.63, 3.8) is 0 Å². The van der Waals surface area contributed by atoms with Gasteiger partial charge in [-0.2, -0.15) is 0 Å². The summed E-state index contributed by atoms with van der Waals surface area (Å²) in [5, 5.41) is 0.828. The van der Waals surface area contributed by atoms with E-state index in [0.717, 1.165) is 8.96 Å². The Kier molecular flexibility index (Phi) is 3.51. The van der Waals surface area contributed by atoms with Crippen LogP contribution in [0.1, 0.15) is 11.3 Å². The summed E-state index contributed by atoms with van der Waals surface area (Å²) in [5.74, 6) is 0.